The third-order valence-electron chi connectivity index (χ3n) is 7.12. The lowest BCUT2D eigenvalue weighted by molar-refractivity contribution is -0.128. The first-order valence-electron chi connectivity index (χ1n) is 10.7. The van der Waals surface area contributed by atoms with Crippen LogP contribution in [0.5, 0.6) is 5.75 Å². The summed E-state index contributed by atoms with van der Waals surface area (Å²) in [5, 5.41) is 3.13. The van der Waals surface area contributed by atoms with Gasteiger partial charge >= 0.3 is 5.97 Å². The van der Waals surface area contributed by atoms with Gasteiger partial charge in [-0.1, -0.05) is 0 Å². The maximum absolute atomic E-state index is 12.4. The molecule has 1 atom stereocenters. The summed E-state index contributed by atoms with van der Waals surface area (Å²) in [6, 6.07) is 6.91. The number of amides is 1. The SMILES string of the molecule is CCOc1ccc(C(=O)OCC(=O)N[C@H](C)C23CC4CC(CC(C4)C2)C3)cc1. The van der Waals surface area contributed by atoms with Gasteiger partial charge in [0, 0.05) is 6.04 Å². The molecule has 1 N–H and O–H groups in total. The fourth-order valence-corrected chi connectivity index (χ4v) is 6.21. The van der Waals surface area contributed by atoms with Crippen molar-refractivity contribution in [1.29, 1.82) is 0 Å². The Labute approximate surface area is 167 Å². The van der Waals surface area contributed by atoms with E-state index in [2.05, 4.69) is 12.2 Å². The van der Waals surface area contributed by atoms with Crippen molar-refractivity contribution in [3.63, 3.8) is 0 Å². The van der Waals surface area contributed by atoms with E-state index in [0.717, 1.165) is 17.8 Å². The van der Waals surface area contributed by atoms with E-state index in [1.807, 2.05) is 6.92 Å². The second-order valence-electron chi connectivity index (χ2n) is 9.10. The third-order valence-corrected chi connectivity index (χ3v) is 7.12. The van der Waals surface area contributed by atoms with Crippen molar-refractivity contribution in [2.75, 3.05) is 13.2 Å². The Kier molecular flexibility index (Phi) is 5.35. The number of esters is 1. The van der Waals surface area contributed by atoms with Crippen LogP contribution in [0.15, 0.2) is 24.3 Å². The van der Waals surface area contributed by atoms with E-state index in [0.29, 0.717) is 17.9 Å². The molecule has 1 aromatic carbocycles. The normalized spacial score (nSPS) is 31.3. The van der Waals surface area contributed by atoms with Crippen LogP contribution < -0.4 is 10.1 Å². The smallest absolute Gasteiger partial charge is 0.338 e. The summed E-state index contributed by atoms with van der Waals surface area (Å²) in [5.74, 6) is 2.57. The molecule has 152 valence electrons. The number of hydrogen-bond donors (Lipinski definition) is 1. The van der Waals surface area contributed by atoms with Gasteiger partial charge < -0.3 is 14.8 Å². The highest BCUT2D eigenvalue weighted by Gasteiger charge is 2.53. The van der Waals surface area contributed by atoms with E-state index in [1.165, 1.54) is 38.5 Å². The third kappa shape index (κ3) is 3.89. The average Bonchev–Trinajstić information content (AvgIpc) is 2.66. The number of rotatable bonds is 7. The molecule has 4 saturated carbocycles. The van der Waals surface area contributed by atoms with Gasteiger partial charge in [0.15, 0.2) is 6.61 Å². The van der Waals surface area contributed by atoms with E-state index in [1.54, 1.807) is 24.3 Å². The molecule has 1 amide bonds. The Morgan fingerprint density at radius 2 is 1.64 bits per heavy atom. The quantitative estimate of drug-likeness (QED) is 0.722. The summed E-state index contributed by atoms with van der Waals surface area (Å²) in [5.41, 5.74) is 0.675. The fourth-order valence-electron chi connectivity index (χ4n) is 6.21. The standard InChI is InChI=1S/C23H31NO4/c1-3-27-20-6-4-19(5-7-20)22(26)28-14-21(25)24-15(2)23-11-16-8-17(12-23)10-18(9-16)13-23/h4-7,15-18H,3,8-14H2,1-2H3,(H,24,25)/t15-,16?,17?,18?,23?/m1/s1. The van der Waals surface area contributed by atoms with Gasteiger partial charge in [0.1, 0.15) is 5.75 Å². The highest BCUT2D eigenvalue weighted by molar-refractivity contribution is 5.91. The number of carbonyl (C=O) groups is 2. The molecule has 0 spiro atoms. The minimum absolute atomic E-state index is 0.137. The van der Waals surface area contributed by atoms with Gasteiger partial charge in [-0.2, -0.15) is 0 Å². The van der Waals surface area contributed by atoms with E-state index < -0.39 is 5.97 Å². The molecule has 0 unspecified atom stereocenters. The fraction of sp³-hybridized carbons (Fsp3) is 0.652. The van der Waals surface area contributed by atoms with Gasteiger partial charge in [-0.05, 0) is 99.8 Å². The van der Waals surface area contributed by atoms with Gasteiger partial charge in [-0.15, -0.1) is 0 Å². The second-order valence-corrected chi connectivity index (χ2v) is 9.10. The summed E-state index contributed by atoms with van der Waals surface area (Å²) in [7, 11) is 0. The second kappa shape index (κ2) is 7.76. The molecule has 0 aromatic heterocycles. The van der Waals surface area contributed by atoms with E-state index in [4.69, 9.17) is 9.47 Å². The number of nitrogens with one attached hydrogen (secondary N) is 1. The van der Waals surface area contributed by atoms with Crippen molar-refractivity contribution in [2.24, 2.45) is 23.2 Å². The molecule has 4 fully saturated rings. The zero-order chi connectivity index (χ0) is 19.7. The van der Waals surface area contributed by atoms with Crippen LogP contribution in [-0.2, 0) is 9.53 Å². The molecule has 5 rings (SSSR count). The van der Waals surface area contributed by atoms with Gasteiger partial charge in [0.05, 0.1) is 12.2 Å². The number of benzene rings is 1. The zero-order valence-electron chi connectivity index (χ0n) is 16.9. The lowest BCUT2D eigenvalue weighted by atomic mass is 9.48. The zero-order valence-corrected chi connectivity index (χ0v) is 16.9. The molecule has 5 heteroatoms. The Balaban J connectivity index is 1.28. The first-order valence-corrected chi connectivity index (χ1v) is 10.7. The molecule has 0 radical (unpaired) electrons. The molecule has 4 aliphatic rings. The predicted molar refractivity (Wildman–Crippen MR) is 106 cm³/mol. The summed E-state index contributed by atoms with van der Waals surface area (Å²) in [4.78, 5) is 24.6. The van der Waals surface area contributed by atoms with Crippen LogP contribution in [0.4, 0.5) is 0 Å². The lowest BCUT2D eigenvalue weighted by Gasteiger charge is -2.59. The molecule has 0 heterocycles. The number of hydrogen-bond acceptors (Lipinski definition) is 4. The van der Waals surface area contributed by atoms with Gasteiger partial charge in [-0.25, -0.2) is 4.79 Å². The minimum atomic E-state index is -0.486. The molecular weight excluding hydrogens is 354 g/mol. The van der Waals surface area contributed by atoms with Crippen LogP contribution >= 0.6 is 0 Å². The van der Waals surface area contributed by atoms with Crippen molar-refractivity contribution in [1.82, 2.24) is 5.32 Å². The highest BCUT2D eigenvalue weighted by Crippen LogP contribution is 2.61. The van der Waals surface area contributed by atoms with Gasteiger partial charge in [0.2, 0.25) is 0 Å². The summed E-state index contributed by atoms with van der Waals surface area (Å²) >= 11 is 0. The van der Waals surface area contributed by atoms with Crippen LogP contribution in [0, 0.1) is 23.2 Å². The van der Waals surface area contributed by atoms with Crippen LogP contribution in [0.1, 0.15) is 62.7 Å². The molecule has 4 aliphatic carbocycles. The maximum Gasteiger partial charge on any atom is 0.338 e. The molecule has 0 saturated heterocycles. The van der Waals surface area contributed by atoms with Crippen molar-refractivity contribution in [2.45, 2.75) is 58.4 Å². The monoisotopic (exact) mass is 385 g/mol. The number of carbonyl (C=O) groups excluding carboxylic acids is 2. The Hall–Kier alpha value is -2.04. The molecule has 4 bridgehead atoms. The van der Waals surface area contributed by atoms with E-state index in [-0.39, 0.29) is 24.0 Å². The lowest BCUT2D eigenvalue weighted by Crippen LogP contribution is -2.56. The molecule has 5 nitrogen and oxygen atoms in total. The Morgan fingerprint density at radius 1 is 1.07 bits per heavy atom. The largest absolute Gasteiger partial charge is 0.494 e. The van der Waals surface area contributed by atoms with Crippen molar-refractivity contribution in [3.8, 4) is 5.75 Å². The first kappa shape index (κ1) is 19.3. The van der Waals surface area contributed by atoms with Crippen LogP contribution in [0.3, 0.4) is 0 Å². The van der Waals surface area contributed by atoms with Gasteiger partial charge in [-0.3, -0.25) is 4.79 Å². The average molecular weight is 386 g/mol. The molecule has 0 aliphatic heterocycles. The predicted octanol–water partition coefficient (Wildman–Crippen LogP) is 3.96. The molecule has 28 heavy (non-hydrogen) atoms. The van der Waals surface area contributed by atoms with Gasteiger partial charge in [0.25, 0.3) is 5.91 Å². The molecular formula is C23H31NO4. The first-order chi connectivity index (χ1) is 13.5. The topological polar surface area (TPSA) is 64.6 Å². The summed E-state index contributed by atoms with van der Waals surface area (Å²) in [6.45, 7) is 4.39. The summed E-state index contributed by atoms with van der Waals surface area (Å²) < 4.78 is 10.6. The van der Waals surface area contributed by atoms with Crippen LogP contribution in [0.25, 0.3) is 0 Å². The highest BCUT2D eigenvalue weighted by atomic mass is 16.5. The van der Waals surface area contributed by atoms with E-state index in [9.17, 15) is 9.59 Å². The van der Waals surface area contributed by atoms with Crippen LogP contribution in [-0.4, -0.2) is 31.1 Å². The number of ether oxygens (including phenoxy) is 2. The minimum Gasteiger partial charge on any atom is -0.494 e. The Morgan fingerprint density at radius 3 is 2.18 bits per heavy atom. The summed E-state index contributed by atoms with van der Waals surface area (Å²) in [6.07, 6.45) is 7.89. The van der Waals surface area contributed by atoms with Crippen molar-refractivity contribution < 1.29 is 19.1 Å². The van der Waals surface area contributed by atoms with Crippen LogP contribution in [0.2, 0.25) is 0 Å². The van der Waals surface area contributed by atoms with Crippen molar-refractivity contribution in [3.05, 3.63) is 29.8 Å². The Bertz CT molecular complexity index is 691. The maximum atomic E-state index is 12.4. The molecule has 1 aromatic rings. The van der Waals surface area contributed by atoms with Crippen molar-refractivity contribution >= 4 is 11.9 Å². The van der Waals surface area contributed by atoms with E-state index >= 15 is 0 Å².